The van der Waals surface area contributed by atoms with Gasteiger partial charge in [0.1, 0.15) is 0 Å². The lowest BCUT2D eigenvalue weighted by Crippen LogP contribution is -2.56. The molecule has 2 N–H and O–H groups in total. The fourth-order valence-corrected chi connectivity index (χ4v) is 3.49. The Morgan fingerprint density at radius 1 is 1.20 bits per heavy atom. The molecule has 138 valence electrons. The minimum atomic E-state index is -0.118. The van der Waals surface area contributed by atoms with Gasteiger partial charge in [-0.3, -0.25) is 4.79 Å². The third kappa shape index (κ3) is 4.86. The third-order valence-electron chi connectivity index (χ3n) is 4.87. The number of amides is 3. The molecule has 2 atom stereocenters. The zero-order valence-electron chi connectivity index (χ0n) is 14.6. The van der Waals surface area contributed by atoms with Crippen LogP contribution in [0.3, 0.4) is 0 Å². The molecule has 3 rings (SSSR count). The molecule has 0 spiro atoms. The maximum atomic E-state index is 12.8. The molecule has 0 bridgehead atoms. The molecule has 7 heteroatoms. The average molecular weight is 367 g/mol. The predicted molar refractivity (Wildman–Crippen MR) is 101 cm³/mol. The van der Waals surface area contributed by atoms with Crippen LogP contribution >= 0.6 is 12.4 Å². The number of piperidine rings is 1. The van der Waals surface area contributed by atoms with Crippen LogP contribution in [0.25, 0.3) is 0 Å². The molecule has 6 nitrogen and oxygen atoms in total. The van der Waals surface area contributed by atoms with Crippen LogP contribution in [0, 0.1) is 5.92 Å². The first-order valence-electron chi connectivity index (χ1n) is 8.77. The van der Waals surface area contributed by atoms with E-state index in [-0.39, 0.29) is 36.3 Å². The topological polar surface area (TPSA) is 64.7 Å². The molecule has 0 aliphatic carbocycles. The van der Waals surface area contributed by atoms with Crippen molar-refractivity contribution in [3.8, 4) is 0 Å². The van der Waals surface area contributed by atoms with Crippen LogP contribution in [-0.4, -0.2) is 60.5 Å². The molecule has 3 amide bonds. The number of likely N-dealkylation sites (tertiary alicyclic amines) is 1. The maximum Gasteiger partial charge on any atom is 0.321 e. The Hall–Kier alpha value is -1.79. The highest BCUT2D eigenvalue weighted by Gasteiger charge is 2.33. The molecular weight excluding hydrogens is 340 g/mol. The Morgan fingerprint density at radius 3 is 2.68 bits per heavy atom. The summed E-state index contributed by atoms with van der Waals surface area (Å²) in [4.78, 5) is 29.0. The summed E-state index contributed by atoms with van der Waals surface area (Å²) in [5.41, 5.74) is 0.784. The van der Waals surface area contributed by atoms with Crippen molar-refractivity contribution in [3.05, 3.63) is 30.3 Å². The Labute approximate surface area is 155 Å². The first-order valence-corrected chi connectivity index (χ1v) is 8.77. The van der Waals surface area contributed by atoms with Gasteiger partial charge in [-0.25, -0.2) is 4.79 Å². The second kappa shape index (κ2) is 9.06. The van der Waals surface area contributed by atoms with E-state index in [1.807, 2.05) is 35.2 Å². The number of para-hydroxylation sites is 1. The first-order chi connectivity index (χ1) is 11.6. The van der Waals surface area contributed by atoms with Crippen LogP contribution in [0.1, 0.15) is 19.8 Å². The van der Waals surface area contributed by atoms with Crippen molar-refractivity contribution >= 4 is 30.0 Å². The standard InChI is InChI=1S/C18H26N4O2.ClH/c1-14-12-19-9-11-22(14)17(23)15-6-5-10-21(13-15)18(24)20-16-7-3-2-4-8-16;/h2-4,7-8,14-15,19H,5-6,9-13H2,1H3,(H,20,24);1H/t14-,15?;/m0./s1. The number of halogens is 1. The lowest BCUT2D eigenvalue weighted by molar-refractivity contribution is -0.139. The van der Waals surface area contributed by atoms with E-state index < -0.39 is 0 Å². The molecule has 2 heterocycles. The number of hydrogen-bond donors (Lipinski definition) is 2. The molecule has 0 saturated carbocycles. The summed E-state index contributed by atoms with van der Waals surface area (Å²) in [7, 11) is 0. The van der Waals surface area contributed by atoms with Gasteiger partial charge in [0.25, 0.3) is 0 Å². The Balaban J connectivity index is 0.00000225. The first kappa shape index (κ1) is 19.5. The average Bonchev–Trinajstić information content (AvgIpc) is 2.62. The van der Waals surface area contributed by atoms with Crippen molar-refractivity contribution in [1.82, 2.24) is 15.1 Å². The maximum absolute atomic E-state index is 12.8. The fraction of sp³-hybridized carbons (Fsp3) is 0.556. The highest BCUT2D eigenvalue weighted by Crippen LogP contribution is 2.21. The monoisotopic (exact) mass is 366 g/mol. The van der Waals surface area contributed by atoms with Crippen molar-refractivity contribution in [2.75, 3.05) is 38.0 Å². The zero-order valence-corrected chi connectivity index (χ0v) is 15.4. The van der Waals surface area contributed by atoms with E-state index >= 15 is 0 Å². The summed E-state index contributed by atoms with van der Waals surface area (Å²) in [6, 6.07) is 9.54. The van der Waals surface area contributed by atoms with E-state index in [1.54, 1.807) is 4.90 Å². The summed E-state index contributed by atoms with van der Waals surface area (Å²) >= 11 is 0. The fourth-order valence-electron chi connectivity index (χ4n) is 3.49. The minimum Gasteiger partial charge on any atom is -0.337 e. The Kier molecular flexibility index (Phi) is 7.08. The number of anilines is 1. The second-order valence-electron chi connectivity index (χ2n) is 6.67. The molecule has 1 aromatic carbocycles. The van der Waals surface area contributed by atoms with Crippen LogP contribution in [0.2, 0.25) is 0 Å². The van der Waals surface area contributed by atoms with Crippen LogP contribution < -0.4 is 10.6 Å². The summed E-state index contributed by atoms with van der Waals surface area (Å²) in [6.07, 6.45) is 1.74. The predicted octanol–water partition coefficient (Wildman–Crippen LogP) is 2.17. The molecule has 1 aromatic rings. The highest BCUT2D eigenvalue weighted by atomic mass is 35.5. The SMILES string of the molecule is C[C@H]1CNCCN1C(=O)C1CCCN(C(=O)Nc2ccccc2)C1.Cl. The van der Waals surface area contributed by atoms with E-state index in [4.69, 9.17) is 0 Å². The Morgan fingerprint density at radius 2 is 1.96 bits per heavy atom. The largest absolute Gasteiger partial charge is 0.337 e. The van der Waals surface area contributed by atoms with Gasteiger partial charge in [-0.15, -0.1) is 12.4 Å². The van der Waals surface area contributed by atoms with E-state index in [9.17, 15) is 9.59 Å². The number of piperazine rings is 1. The van der Waals surface area contributed by atoms with Crippen LogP contribution in [0.4, 0.5) is 10.5 Å². The molecule has 2 aliphatic heterocycles. The number of hydrogen-bond acceptors (Lipinski definition) is 3. The number of carbonyl (C=O) groups excluding carboxylic acids is 2. The smallest absolute Gasteiger partial charge is 0.321 e. The summed E-state index contributed by atoms with van der Waals surface area (Å²) in [5, 5.41) is 6.22. The number of rotatable bonds is 2. The van der Waals surface area contributed by atoms with Crippen molar-refractivity contribution in [2.45, 2.75) is 25.8 Å². The van der Waals surface area contributed by atoms with Crippen LogP contribution in [-0.2, 0) is 4.79 Å². The quantitative estimate of drug-likeness (QED) is 0.843. The van der Waals surface area contributed by atoms with Crippen LogP contribution in [0.15, 0.2) is 30.3 Å². The van der Waals surface area contributed by atoms with Gasteiger partial charge in [0, 0.05) is 44.5 Å². The molecular formula is C18H27ClN4O2. The lowest BCUT2D eigenvalue weighted by Gasteiger charge is -2.39. The minimum absolute atomic E-state index is 0. The van der Waals surface area contributed by atoms with Gasteiger partial charge in [-0.1, -0.05) is 18.2 Å². The summed E-state index contributed by atoms with van der Waals surface area (Å²) in [5.74, 6) is 0.113. The van der Waals surface area contributed by atoms with Gasteiger partial charge in [-0.05, 0) is 31.9 Å². The number of carbonyl (C=O) groups is 2. The molecule has 1 unspecified atom stereocenters. The lowest BCUT2D eigenvalue weighted by atomic mass is 9.95. The molecule has 2 saturated heterocycles. The van der Waals surface area contributed by atoms with Gasteiger partial charge in [-0.2, -0.15) is 0 Å². The number of urea groups is 1. The van der Waals surface area contributed by atoms with Gasteiger partial charge in [0.15, 0.2) is 0 Å². The van der Waals surface area contributed by atoms with Gasteiger partial charge in [0.2, 0.25) is 5.91 Å². The third-order valence-corrected chi connectivity index (χ3v) is 4.87. The number of nitrogens with one attached hydrogen (secondary N) is 2. The van der Waals surface area contributed by atoms with Gasteiger partial charge >= 0.3 is 6.03 Å². The van der Waals surface area contributed by atoms with Gasteiger partial charge in [0.05, 0.1) is 5.92 Å². The second-order valence-corrected chi connectivity index (χ2v) is 6.67. The van der Waals surface area contributed by atoms with Gasteiger partial charge < -0.3 is 20.4 Å². The summed E-state index contributed by atoms with van der Waals surface area (Å²) < 4.78 is 0. The highest BCUT2D eigenvalue weighted by molar-refractivity contribution is 5.90. The van der Waals surface area contributed by atoms with E-state index in [0.717, 1.165) is 38.2 Å². The molecule has 0 aromatic heterocycles. The van der Waals surface area contributed by atoms with Crippen molar-refractivity contribution in [3.63, 3.8) is 0 Å². The number of nitrogens with zero attached hydrogens (tertiary/aromatic N) is 2. The molecule has 2 aliphatic rings. The Bertz CT molecular complexity index is 584. The van der Waals surface area contributed by atoms with Crippen LogP contribution in [0.5, 0.6) is 0 Å². The zero-order chi connectivity index (χ0) is 16.9. The van der Waals surface area contributed by atoms with E-state index in [0.29, 0.717) is 13.1 Å². The normalized spacial score (nSPS) is 23.6. The number of benzene rings is 1. The molecule has 2 fully saturated rings. The van der Waals surface area contributed by atoms with Crippen molar-refractivity contribution in [1.29, 1.82) is 0 Å². The van der Waals surface area contributed by atoms with Crippen molar-refractivity contribution < 1.29 is 9.59 Å². The van der Waals surface area contributed by atoms with E-state index in [2.05, 4.69) is 17.6 Å². The molecule has 25 heavy (non-hydrogen) atoms. The summed E-state index contributed by atoms with van der Waals surface area (Å²) in [6.45, 7) is 5.74. The van der Waals surface area contributed by atoms with Crippen molar-refractivity contribution in [2.24, 2.45) is 5.92 Å². The van der Waals surface area contributed by atoms with E-state index in [1.165, 1.54) is 0 Å². The molecule has 0 radical (unpaired) electrons.